The number of benzene rings is 1. The van der Waals surface area contributed by atoms with Gasteiger partial charge in [0.2, 0.25) is 5.91 Å². The molecule has 7 heteroatoms. The first-order valence-electron chi connectivity index (χ1n) is 7.40. The lowest BCUT2D eigenvalue weighted by Gasteiger charge is -2.22. The van der Waals surface area contributed by atoms with Gasteiger partial charge in [-0.3, -0.25) is 4.79 Å². The normalized spacial score (nSPS) is 12.7. The minimum atomic E-state index is -0.705. The molecule has 126 valence electrons. The summed E-state index contributed by atoms with van der Waals surface area (Å²) in [5.41, 5.74) is 1.18. The van der Waals surface area contributed by atoms with Crippen LogP contribution in [0.4, 0.5) is 16.2 Å². The number of nitrogens with one attached hydrogen (secondary N) is 3. The van der Waals surface area contributed by atoms with Gasteiger partial charge in [-0.15, -0.1) is 0 Å². The molecule has 7 nitrogen and oxygen atoms in total. The first-order chi connectivity index (χ1) is 10.9. The van der Waals surface area contributed by atoms with E-state index < -0.39 is 18.0 Å². The SMILES string of the molecule is CCC(C)[C@H](NC(=O)Nc1ccc(NC(C)=O)cc1)C(=O)OC. The second-order valence-corrected chi connectivity index (χ2v) is 5.24. The fraction of sp³-hybridized carbons (Fsp3) is 0.438. The van der Waals surface area contributed by atoms with Crippen LogP contribution in [0.5, 0.6) is 0 Å². The van der Waals surface area contributed by atoms with Gasteiger partial charge < -0.3 is 20.7 Å². The fourth-order valence-corrected chi connectivity index (χ4v) is 1.94. The summed E-state index contributed by atoms with van der Waals surface area (Å²) in [5.74, 6) is -0.691. The molecule has 0 aromatic heterocycles. The van der Waals surface area contributed by atoms with Crippen LogP contribution in [0.3, 0.4) is 0 Å². The van der Waals surface area contributed by atoms with E-state index in [9.17, 15) is 14.4 Å². The van der Waals surface area contributed by atoms with Gasteiger partial charge in [0, 0.05) is 18.3 Å². The van der Waals surface area contributed by atoms with Crippen molar-refractivity contribution in [2.45, 2.75) is 33.2 Å². The third-order valence-corrected chi connectivity index (χ3v) is 3.42. The van der Waals surface area contributed by atoms with E-state index in [2.05, 4.69) is 16.0 Å². The molecule has 0 aliphatic heterocycles. The van der Waals surface area contributed by atoms with Gasteiger partial charge in [0.05, 0.1) is 7.11 Å². The molecule has 0 aliphatic rings. The minimum Gasteiger partial charge on any atom is -0.467 e. The van der Waals surface area contributed by atoms with Gasteiger partial charge in [-0.05, 0) is 30.2 Å². The van der Waals surface area contributed by atoms with Crippen molar-refractivity contribution in [1.82, 2.24) is 5.32 Å². The number of carbonyl (C=O) groups excluding carboxylic acids is 3. The number of esters is 1. The topological polar surface area (TPSA) is 96.5 Å². The van der Waals surface area contributed by atoms with Crippen LogP contribution >= 0.6 is 0 Å². The van der Waals surface area contributed by atoms with E-state index in [1.54, 1.807) is 24.3 Å². The zero-order chi connectivity index (χ0) is 17.4. The molecule has 0 fully saturated rings. The molecule has 0 bridgehead atoms. The maximum Gasteiger partial charge on any atom is 0.328 e. The van der Waals surface area contributed by atoms with Crippen molar-refractivity contribution in [3.63, 3.8) is 0 Å². The van der Waals surface area contributed by atoms with Crippen molar-refractivity contribution in [3.05, 3.63) is 24.3 Å². The minimum absolute atomic E-state index is 0.0460. The summed E-state index contributed by atoms with van der Waals surface area (Å²) in [4.78, 5) is 34.7. The summed E-state index contributed by atoms with van der Waals surface area (Å²) in [6, 6.07) is 5.45. The van der Waals surface area contributed by atoms with Gasteiger partial charge in [-0.2, -0.15) is 0 Å². The molecule has 1 unspecified atom stereocenters. The summed E-state index contributed by atoms with van der Waals surface area (Å²) >= 11 is 0. The van der Waals surface area contributed by atoms with Crippen LogP contribution in [0.2, 0.25) is 0 Å². The number of urea groups is 1. The summed E-state index contributed by atoms with van der Waals surface area (Å²) in [5, 5.41) is 7.89. The highest BCUT2D eigenvalue weighted by Gasteiger charge is 2.26. The van der Waals surface area contributed by atoms with Crippen LogP contribution < -0.4 is 16.0 Å². The number of anilines is 2. The van der Waals surface area contributed by atoms with E-state index >= 15 is 0 Å². The fourth-order valence-electron chi connectivity index (χ4n) is 1.94. The molecule has 3 N–H and O–H groups in total. The van der Waals surface area contributed by atoms with Gasteiger partial charge >= 0.3 is 12.0 Å². The van der Waals surface area contributed by atoms with Crippen molar-refractivity contribution >= 4 is 29.3 Å². The molecule has 0 heterocycles. The van der Waals surface area contributed by atoms with Gasteiger partial charge in [-0.1, -0.05) is 20.3 Å². The number of carbonyl (C=O) groups is 3. The van der Waals surface area contributed by atoms with E-state index in [1.807, 2.05) is 13.8 Å². The molecular weight excluding hydrogens is 298 g/mol. The van der Waals surface area contributed by atoms with Crippen LogP contribution in [0, 0.1) is 5.92 Å². The van der Waals surface area contributed by atoms with Crippen LogP contribution in [0.25, 0.3) is 0 Å². The quantitative estimate of drug-likeness (QED) is 0.701. The highest BCUT2D eigenvalue weighted by atomic mass is 16.5. The highest BCUT2D eigenvalue weighted by Crippen LogP contribution is 2.14. The predicted molar refractivity (Wildman–Crippen MR) is 88.2 cm³/mol. The Morgan fingerprint density at radius 1 is 1.09 bits per heavy atom. The van der Waals surface area contributed by atoms with Crippen molar-refractivity contribution in [3.8, 4) is 0 Å². The van der Waals surface area contributed by atoms with Gasteiger partial charge in [0.15, 0.2) is 0 Å². The average molecular weight is 321 g/mol. The Hall–Kier alpha value is -2.57. The Morgan fingerprint density at radius 3 is 2.04 bits per heavy atom. The molecule has 0 spiro atoms. The summed E-state index contributed by atoms with van der Waals surface area (Å²) in [6.45, 7) is 5.21. The van der Waals surface area contributed by atoms with Crippen LogP contribution in [0.15, 0.2) is 24.3 Å². The Bertz CT molecular complexity index is 557. The standard InChI is InChI=1S/C16H23N3O4/c1-5-10(2)14(15(21)23-4)19-16(22)18-13-8-6-12(7-9-13)17-11(3)20/h6-10,14H,5H2,1-4H3,(H,17,20)(H2,18,19,22)/t10?,14-/m0/s1. The van der Waals surface area contributed by atoms with E-state index in [0.29, 0.717) is 11.4 Å². The van der Waals surface area contributed by atoms with Crippen molar-refractivity contribution < 1.29 is 19.1 Å². The Kier molecular flexibility index (Phi) is 7.05. The number of hydrogen-bond donors (Lipinski definition) is 3. The van der Waals surface area contributed by atoms with Crippen LogP contribution in [-0.4, -0.2) is 31.1 Å². The molecular formula is C16H23N3O4. The van der Waals surface area contributed by atoms with E-state index in [1.165, 1.54) is 14.0 Å². The maximum atomic E-state index is 12.0. The number of rotatable bonds is 6. The molecule has 2 atom stereocenters. The molecule has 23 heavy (non-hydrogen) atoms. The Morgan fingerprint density at radius 2 is 1.61 bits per heavy atom. The Balaban J connectivity index is 2.67. The maximum absolute atomic E-state index is 12.0. The Labute approximate surface area is 135 Å². The van der Waals surface area contributed by atoms with E-state index in [4.69, 9.17) is 4.74 Å². The summed E-state index contributed by atoms with van der Waals surface area (Å²) in [6.07, 6.45) is 0.728. The van der Waals surface area contributed by atoms with E-state index in [-0.39, 0.29) is 11.8 Å². The third-order valence-electron chi connectivity index (χ3n) is 3.42. The van der Waals surface area contributed by atoms with Crippen LogP contribution in [0.1, 0.15) is 27.2 Å². The van der Waals surface area contributed by atoms with Crippen LogP contribution in [-0.2, 0) is 14.3 Å². The van der Waals surface area contributed by atoms with Gasteiger partial charge in [-0.25, -0.2) is 9.59 Å². The number of ether oxygens (including phenoxy) is 1. The second-order valence-electron chi connectivity index (χ2n) is 5.24. The average Bonchev–Trinajstić information content (AvgIpc) is 2.52. The number of methoxy groups -OCH3 is 1. The van der Waals surface area contributed by atoms with E-state index in [0.717, 1.165) is 6.42 Å². The lowest BCUT2D eigenvalue weighted by Crippen LogP contribution is -2.47. The lowest BCUT2D eigenvalue weighted by atomic mass is 9.99. The summed E-state index contributed by atoms with van der Waals surface area (Å²) in [7, 11) is 1.29. The number of hydrogen-bond acceptors (Lipinski definition) is 4. The molecule has 0 radical (unpaired) electrons. The second kappa shape index (κ2) is 8.77. The molecule has 0 aliphatic carbocycles. The first kappa shape index (κ1) is 18.5. The molecule has 0 saturated heterocycles. The predicted octanol–water partition coefficient (Wildman–Crippen LogP) is 2.35. The molecule has 1 aromatic carbocycles. The smallest absolute Gasteiger partial charge is 0.328 e. The zero-order valence-corrected chi connectivity index (χ0v) is 13.8. The zero-order valence-electron chi connectivity index (χ0n) is 13.8. The molecule has 1 rings (SSSR count). The van der Waals surface area contributed by atoms with Gasteiger partial charge in [0.1, 0.15) is 6.04 Å². The summed E-state index contributed by atoms with van der Waals surface area (Å²) < 4.78 is 4.72. The largest absolute Gasteiger partial charge is 0.467 e. The van der Waals surface area contributed by atoms with Crippen molar-refractivity contribution in [1.29, 1.82) is 0 Å². The van der Waals surface area contributed by atoms with Crippen molar-refractivity contribution in [2.75, 3.05) is 17.7 Å². The highest BCUT2D eigenvalue weighted by molar-refractivity contribution is 5.93. The molecule has 0 saturated carbocycles. The lowest BCUT2D eigenvalue weighted by molar-refractivity contribution is -0.144. The van der Waals surface area contributed by atoms with Gasteiger partial charge in [0.25, 0.3) is 0 Å². The molecule has 1 aromatic rings. The third kappa shape index (κ3) is 5.98. The monoisotopic (exact) mass is 321 g/mol. The van der Waals surface area contributed by atoms with Crippen molar-refractivity contribution in [2.24, 2.45) is 5.92 Å². The molecule has 3 amide bonds. The first-order valence-corrected chi connectivity index (χ1v) is 7.40. The number of amides is 3.